The Bertz CT molecular complexity index is 687. The summed E-state index contributed by atoms with van der Waals surface area (Å²) in [4.78, 5) is 23.7. The van der Waals surface area contributed by atoms with E-state index in [9.17, 15) is 9.59 Å². The lowest BCUT2D eigenvalue weighted by molar-refractivity contribution is -0.156. The minimum atomic E-state index is -0.140. The predicted octanol–water partition coefficient (Wildman–Crippen LogP) is 4.62. The second-order valence-electron chi connectivity index (χ2n) is 9.28. The van der Waals surface area contributed by atoms with Crippen LogP contribution in [0, 0.1) is 28.6 Å². The minimum Gasteiger partial charge on any atom is -0.462 e. The molecule has 0 spiro atoms. The van der Waals surface area contributed by atoms with Gasteiger partial charge in [0.15, 0.2) is 5.78 Å². The van der Waals surface area contributed by atoms with Gasteiger partial charge in [0.25, 0.3) is 0 Å². The Morgan fingerprint density at radius 3 is 2.64 bits per heavy atom. The van der Waals surface area contributed by atoms with E-state index < -0.39 is 0 Å². The van der Waals surface area contributed by atoms with Crippen LogP contribution < -0.4 is 0 Å². The molecule has 4 aliphatic carbocycles. The van der Waals surface area contributed by atoms with Crippen LogP contribution >= 0.6 is 0 Å². The van der Waals surface area contributed by atoms with Crippen molar-refractivity contribution in [1.29, 1.82) is 0 Å². The molecule has 3 heteroatoms. The monoisotopic (exact) mass is 342 g/mol. The van der Waals surface area contributed by atoms with Crippen LogP contribution in [0.2, 0.25) is 0 Å². The summed E-state index contributed by atoms with van der Waals surface area (Å²) in [7, 11) is 0. The van der Waals surface area contributed by atoms with Crippen LogP contribution in [0.15, 0.2) is 23.3 Å². The second-order valence-corrected chi connectivity index (χ2v) is 9.28. The molecule has 3 nitrogen and oxygen atoms in total. The average Bonchev–Trinajstić information content (AvgIpc) is 2.85. The standard InChI is InChI=1S/C22H30O3/c1-13-12-22(4)15(11-19(13)24)5-6-16-17-7-8-20(25-14(2)23)21(17,3)10-9-18(16)22/h11-12,16-18,20H,5-10H2,1-4H3/t16-,17-,18-,20-,21-,22-/m0/s1. The van der Waals surface area contributed by atoms with Crippen LogP contribution in [0.25, 0.3) is 0 Å². The van der Waals surface area contributed by atoms with E-state index in [0.717, 1.165) is 24.8 Å². The summed E-state index contributed by atoms with van der Waals surface area (Å²) >= 11 is 0. The van der Waals surface area contributed by atoms with Crippen molar-refractivity contribution in [3.05, 3.63) is 23.3 Å². The number of hydrogen-bond donors (Lipinski definition) is 0. The summed E-state index contributed by atoms with van der Waals surface area (Å²) in [6.45, 7) is 8.21. The summed E-state index contributed by atoms with van der Waals surface area (Å²) in [5.41, 5.74) is 2.43. The van der Waals surface area contributed by atoms with E-state index >= 15 is 0 Å². The third-order valence-electron chi connectivity index (χ3n) is 8.08. The minimum absolute atomic E-state index is 0.0434. The van der Waals surface area contributed by atoms with Gasteiger partial charge in [-0.05, 0) is 74.9 Å². The maximum atomic E-state index is 12.1. The normalized spacial score (nSPS) is 45.7. The van der Waals surface area contributed by atoms with Crippen LogP contribution in [-0.2, 0) is 14.3 Å². The lowest BCUT2D eigenvalue weighted by Crippen LogP contribution is -2.51. The van der Waals surface area contributed by atoms with Crippen molar-refractivity contribution >= 4 is 11.8 Å². The van der Waals surface area contributed by atoms with Crippen molar-refractivity contribution in [2.24, 2.45) is 28.6 Å². The molecule has 0 N–H and O–H groups in total. The van der Waals surface area contributed by atoms with Gasteiger partial charge in [-0.3, -0.25) is 9.59 Å². The smallest absolute Gasteiger partial charge is 0.302 e. The topological polar surface area (TPSA) is 43.4 Å². The molecule has 0 aromatic carbocycles. The lowest BCUT2D eigenvalue weighted by atomic mass is 9.48. The van der Waals surface area contributed by atoms with Crippen molar-refractivity contribution in [3.63, 3.8) is 0 Å². The number of carbonyl (C=O) groups is 2. The van der Waals surface area contributed by atoms with E-state index in [1.165, 1.54) is 31.8 Å². The van der Waals surface area contributed by atoms with E-state index in [1.807, 2.05) is 13.0 Å². The number of hydrogen-bond acceptors (Lipinski definition) is 3. The van der Waals surface area contributed by atoms with Crippen LogP contribution in [0.3, 0.4) is 0 Å². The molecule has 4 aliphatic rings. The lowest BCUT2D eigenvalue weighted by Gasteiger charge is -2.56. The van der Waals surface area contributed by atoms with Crippen molar-refractivity contribution in [2.75, 3.05) is 0 Å². The molecule has 4 rings (SSSR count). The first-order valence-electron chi connectivity index (χ1n) is 9.88. The van der Waals surface area contributed by atoms with Gasteiger partial charge in [-0.2, -0.15) is 0 Å². The molecule has 0 radical (unpaired) electrons. The van der Waals surface area contributed by atoms with Gasteiger partial charge < -0.3 is 4.74 Å². The quantitative estimate of drug-likeness (QED) is 0.653. The van der Waals surface area contributed by atoms with Gasteiger partial charge in [-0.15, -0.1) is 0 Å². The Morgan fingerprint density at radius 1 is 1.16 bits per heavy atom. The Labute approximate surface area is 150 Å². The third-order valence-corrected chi connectivity index (χ3v) is 8.08. The molecule has 6 atom stereocenters. The molecular weight excluding hydrogens is 312 g/mol. The fourth-order valence-corrected chi connectivity index (χ4v) is 6.83. The molecule has 136 valence electrons. The van der Waals surface area contributed by atoms with E-state index in [0.29, 0.717) is 17.8 Å². The molecular formula is C22H30O3. The summed E-state index contributed by atoms with van der Waals surface area (Å²) in [5.74, 6) is 1.99. The summed E-state index contributed by atoms with van der Waals surface area (Å²) in [6, 6.07) is 0. The maximum Gasteiger partial charge on any atom is 0.302 e. The fourth-order valence-electron chi connectivity index (χ4n) is 6.83. The van der Waals surface area contributed by atoms with Gasteiger partial charge in [-0.1, -0.05) is 25.5 Å². The summed E-state index contributed by atoms with van der Waals surface area (Å²) in [6.07, 6.45) is 11.0. The molecule has 0 unspecified atom stereocenters. The van der Waals surface area contributed by atoms with Crippen LogP contribution in [0.5, 0.6) is 0 Å². The van der Waals surface area contributed by atoms with Gasteiger partial charge in [0.2, 0.25) is 0 Å². The van der Waals surface area contributed by atoms with Gasteiger partial charge >= 0.3 is 5.97 Å². The zero-order chi connectivity index (χ0) is 18.0. The molecule has 0 aromatic rings. The Morgan fingerprint density at radius 2 is 1.92 bits per heavy atom. The van der Waals surface area contributed by atoms with Crippen LogP contribution in [-0.4, -0.2) is 17.9 Å². The summed E-state index contributed by atoms with van der Waals surface area (Å²) < 4.78 is 5.72. The first-order chi connectivity index (χ1) is 11.8. The van der Waals surface area contributed by atoms with Gasteiger partial charge in [-0.25, -0.2) is 0 Å². The number of fused-ring (bicyclic) bond motifs is 5. The number of ether oxygens (including phenoxy) is 1. The predicted molar refractivity (Wildman–Crippen MR) is 96.8 cm³/mol. The highest BCUT2D eigenvalue weighted by atomic mass is 16.5. The second kappa shape index (κ2) is 5.56. The van der Waals surface area contributed by atoms with Crippen LogP contribution in [0.1, 0.15) is 66.2 Å². The van der Waals surface area contributed by atoms with E-state index in [1.54, 1.807) is 0 Å². The third kappa shape index (κ3) is 2.38. The number of ketones is 1. The van der Waals surface area contributed by atoms with Crippen molar-refractivity contribution in [2.45, 2.75) is 72.3 Å². The van der Waals surface area contributed by atoms with E-state index in [-0.39, 0.29) is 28.7 Å². The van der Waals surface area contributed by atoms with Gasteiger partial charge in [0.1, 0.15) is 6.10 Å². The Kier molecular flexibility index (Phi) is 3.79. The Hall–Kier alpha value is -1.38. The molecule has 0 aromatic heterocycles. The molecule has 0 aliphatic heterocycles. The van der Waals surface area contributed by atoms with Crippen LogP contribution in [0.4, 0.5) is 0 Å². The van der Waals surface area contributed by atoms with Crippen molar-refractivity contribution in [3.8, 4) is 0 Å². The number of allylic oxidation sites excluding steroid dienone is 4. The molecule has 0 amide bonds. The molecule has 0 saturated heterocycles. The van der Waals surface area contributed by atoms with Gasteiger partial charge in [0, 0.05) is 17.8 Å². The highest BCUT2D eigenvalue weighted by Crippen LogP contribution is 2.65. The first kappa shape index (κ1) is 17.1. The highest BCUT2D eigenvalue weighted by molar-refractivity contribution is 6.05. The molecule has 25 heavy (non-hydrogen) atoms. The molecule has 3 fully saturated rings. The zero-order valence-electron chi connectivity index (χ0n) is 15.9. The average molecular weight is 342 g/mol. The number of esters is 1. The maximum absolute atomic E-state index is 12.1. The van der Waals surface area contributed by atoms with E-state index in [2.05, 4.69) is 19.9 Å². The summed E-state index contributed by atoms with van der Waals surface area (Å²) in [5, 5.41) is 0. The molecule has 3 saturated carbocycles. The highest BCUT2D eigenvalue weighted by Gasteiger charge is 2.59. The number of rotatable bonds is 1. The van der Waals surface area contributed by atoms with Crippen molar-refractivity contribution in [1.82, 2.24) is 0 Å². The van der Waals surface area contributed by atoms with Crippen molar-refractivity contribution < 1.29 is 14.3 Å². The largest absolute Gasteiger partial charge is 0.462 e. The first-order valence-corrected chi connectivity index (χ1v) is 9.88. The number of carbonyl (C=O) groups excluding carboxylic acids is 2. The molecule has 0 bridgehead atoms. The van der Waals surface area contributed by atoms with Gasteiger partial charge in [0.05, 0.1) is 0 Å². The SMILES string of the molecule is CC(=O)O[C@H]1CC[C@H]2[C@@H]3CCC4=CC(=O)C(C)=C[C@]4(C)[C@H]3CC[C@]12C. The fraction of sp³-hybridized carbons (Fsp3) is 0.727. The Balaban J connectivity index is 1.65. The molecule has 0 heterocycles. The zero-order valence-corrected chi connectivity index (χ0v) is 15.9. The van der Waals surface area contributed by atoms with E-state index in [4.69, 9.17) is 4.74 Å².